The summed E-state index contributed by atoms with van der Waals surface area (Å²) in [5.41, 5.74) is 6.55. The van der Waals surface area contributed by atoms with E-state index in [1.54, 1.807) is 6.07 Å². The van der Waals surface area contributed by atoms with Gasteiger partial charge in [-0.05, 0) is 11.6 Å². The second kappa shape index (κ2) is 5.55. The lowest BCUT2D eigenvalue weighted by Crippen LogP contribution is -2.05. The zero-order valence-corrected chi connectivity index (χ0v) is 10.6. The van der Waals surface area contributed by atoms with Crippen molar-refractivity contribution in [3.8, 4) is 5.88 Å². The average molecular weight is 265 g/mol. The molecule has 1 aromatic carbocycles. The molecular weight excluding hydrogens is 252 g/mol. The minimum Gasteiger partial charge on any atom is -0.481 e. The van der Waals surface area contributed by atoms with Crippen LogP contribution in [0.25, 0.3) is 0 Å². The van der Waals surface area contributed by atoms with Crippen molar-refractivity contribution in [2.45, 2.75) is 6.54 Å². The van der Waals surface area contributed by atoms with Gasteiger partial charge in [0.1, 0.15) is 5.82 Å². The van der Waals surface area contributed by atoms with E-state index in [9.17, 15) is 0 Å². The number of methoxy groups -OCH3 is 1. The van der Waals surface area contributed by atoms with Gasteiger partial charge >= 0.3 is 0 Å². The largest absolute Gasteiger partial charge is 0.481 e. The van der Waals surface area contributed by atoms with Crippen LogP contribution < -0.4 is 15.8 Å². The van der Waals surface area contributed by atoms with Crippen LogP contribution in [0.2, 0.25) is 5.02 Å². The Labute approximate surface area is 110 Å². The Bertz CT molecular complexity index is 547. The molecule has 0 radical (unpaired) electrons. The number of nitrogen functional groups attached to an aromatic ring is 1. The molecule has 0 saturated carbocycles. The van der Waals surface area contributed by atoms with Gasteiger partial charge in [-0.25, -0.2) is 0 Å². The monoisotopic (exact) mass is 264 g/mol. The molecule has 2 aromatic rings. The molecule has 0 fully saturated rings. The van der Waals surface area contributed by atoms with E-state index < -0.39 is 0 Å². The number of rotatable bonds is 4. The molecule has 0 amide bonds. The van der Waals surface area contributed by atoms with Gasteiger partial charge in [0, 0.05) is 17.6 Å². The predicted molar refractivity (Wildman–Crippen MR) is 71.8 cm³/mol. The third-order valence-corrected chi connectivity index (χ3v) is 2.72. The maximum absolute atomic E-state index is 6.06. The number of hydrogen-bond acceptors (Lipinski definition) is 5. The van der Waals surface area contributed by atoms with Crippen LogP contribution in [0.1, 0.15) is 5.56 Å². The van der Waals surface area contributed by atoms with Crippen LogP contribution in [0, 0.1) is 0 Å². The molecule has 1 heterocycles. The summed E-state index contributed by atoms with van der Waals surface area (Å²) in [6.07, 6.45) is 0. The summed E-state index contributed by atoms with van der Waals surface area (Å²) in [4.78, 5) is 7.96. The van der Waals surface area contributed by atoms with Crippen molar-refractivity contribution >= 4 is 23.4 Å². The van der Waals surface area contributed by atoms with E-state index in [1.165, 1.54) is 7.11 Å². The summed E-state index contributed by atoms with van der Waals surface area (Å²) < 4.78 is 5.01. The fourth-order valence-electron chi connectivity index (χ4n) is 1.47. The summed E-state index contributed by atoms with van der Waals surface area (Å²) in [7, 11) is 1.53. The molecule has 0 bridgehead atoms. The van der Waals surface area contributed by atoms with Gasteiger partial charge in [-0.1, -0.05) is 29.8 Å². The first-order chi connectivity index (χ1) is 8.69. The Morgan fingerprint density at radius 1 is 1.33 bits per heavy atom. The van der Waals surface area contributed by atoms with E-state index in [2.05, 4.69) is 15.3 Å². The smallest absolute Gasteiger partial charge is 0.225 e. The molecule has 0 saturated heterocycles. The highest BCUT2D eigenvalue weighted by Gasteiger charge is 2.03. The molecule has 3 N–H and O–H groups in total. The number of halogens is 1. The van der Waals surface area contributed by atoms with Gasteiger partial charge < -0.3 is 15.8 Å². The van der Waals surface area contributed by atoms with Gasteiger partial charge in [0.25, 0.3) is 0 Å². The fraction of sp³-hybridized carbons (Fsp3) is 0.167. The quantitative estimate of drug-likeness (QED) is 0.887. The van der Waals surface area contributed by atoms with E-state index in [0.29, 0.717) is 23.3 Å². The second-order valence-electron chi connectivity index (χ2n) is 3.60. The van der Waals surface area contributed by atoms with Crippen molar-refractivity contribution < 1.29 is 4.74 Å². The van der Waals surface area contributed by atoms with Gasteiger partial charge in [-0.15, -0.1) is 0 Å². The Morgan fingerprint density at radius 3 is 2.83 bits per heavy atom. The molecule has 18 heavy (non-hydrogen) atoms. The first-order valence-corrected chi connectivity index (χ1v) is 5.72. The molecule has 6 heteroatoms. The van der Waals surface area contributed by atoms with E-state index in [-0.39, 0.29) is 5.95 Å². The molecule has 1 aromatic heterocycles. The molecule has 0 aliphatic heterocycles. The SMILES string of the molecule is COc1cc(NCc2ccccc2Cl)nc(N)n1. The molecule has 5 nitrogen and oxygen atoms in total. The highest BCUT2D eigenvalue weighted by molar-refractivity contribution is 6.31. The number of hydrogen-bond donors (Lipinski definition) is 2. The average Bonchev–Trinajstić information content (AvgIpc) is 2.37. The van der Waals surface area contributed by atoms with Crippen LogP contribution >= 0.6 is 11.6 Å². The highest BCUT2D eigenvalue weighted by Crippen LogP contribution is 2.18. The number of benzene rings is 1. The van der Waals surface area contributed by atoms with Crippen LogP contribution in [0.15, 0.2) is 30.3 Å². The fourth-order valence-corrected chi connectivity index (χ4v) is 1.67. The van der Waals surface area contributed by atoms with Crippen molar-refractivity contribution in [3.63, 3.8) is 0 Å². The predicted octanol–water partition coefficient (Wildman–Crippen LogP) is 2.33. The molecule has 94 valence electrons. The number of nitrogens with zero attached hydrogens (tertiary/aromatic N) is 2. The van der Waals surface area contributed by atoms with Gasteiger partial charge in [0.2, 0.25) is 11.8 Å². The third kappa shape index (κ3) is 3.01. The topological polar surface area (TPSA) is 73.1 Å². The van der Waals surface area contributed by atoms with Crippen LogP contribution in [0.3, 0.4) is 0 Å². The summed E-state index contributed by atoms with van der Waals surface area (Å²) in [6, 6.07) is 9.27. The summed E-state index contributed by atoms with van der Waals surface area (Å²) in [6.45, 7) is 0.555. The highest BCUT2D eigenvalue weighted by atomic mass is 35.5. The summed E-state index contributed by atoms with van der Waals surface area (Å²) in [5, 5.41) is 3.83. The van der Waals surface area contributed by atoms with Gasteiger partial charge in [0.05, 0.1) is 7.11 Å². The number of aromatic nitrogens is 2. The molecule has 0 unspecified atom stereocenters. The molecular formula is C12H13ClN4O. The zero-order valence-electron chi connectivity index (χ0n) is 9.85. The summed E-state index contributed by atoms with van der Waals surface area (Å²) in [5.74, 6) is 1.18. The molecule has 0 aliphatic carbocycles. The molecule has 0 atom stereocenters. The van der Waals surface area contributed by atoms with Gasteiger partial charge in [0.15, 0.2) is 0 Å². The van der Waals surface area contributed by atoms with E-state index in [1.807, 2.05) is 24.3 Å². The normalized spacial score (nSPS) is 10.1. The van der Waals surface area contributed by atoms with Crippen LogP contribution in [0.5, 0.6) is 5.88 Å². The standard InChI is InChI=1S/C12H13ClN4O/c1-18-11-6-10(16-12(14)17-11)15-7-8-4-2-3-5-9(8)13/h2-6H,7H2,1H3,(H3,14,15,16,17). The molecule has 0 spiro atoms. The first kappa shape index (κ1) is 12.4. The van der Waals surface area contributed by atoms with Gasteiger partial charge in [-0.3, -0.25) is 0 Å². The van der Waals surface area contributed by atoms with Crippen LogP contribution in [-0.2, 0) is 6.54 Å². The molecule has 2 rings (SSSR count). The Morgan fingerprint density at radius 2 is 2.11 bits per heavy atom. The minimum absolute atomic E-state index is 0.163. The van der Waals surface area contributed by atoms with E-state index in [0.717, 1.165) is 5.56 Å². The van der Waals surface area contributed by atoms with Crippen molar-refractivity contribution in [2.75, 3.05) is 18.2 Å². The van der Waals surface area contributed by atoms with E-state index in [4.69, 9.17) is 22.1 Å². The summed E-state index contributed by atoms with van der Waals surface area (Å²) >= 11 is 6.06. The maximum atomic E-state index is 6.06. The zero-order chi connectivity index (χ0) is 13.0. The number of nitrogens with one attached hydrogen (secondary N) is 1. The third-order valence-electron chi connectivity index (χ3n) is 2.35. The second-order valence-corrected chi connectivity index (χ2v) is 4.01. The Balaban J connectivity index is 2.11. The number of nitrogens with two attached hydrogens (primary N) is 1. The number of anilines is 2. The lowest BCUT2D eigenvalue weighted by Gasteiger charge is -2.08. The lowest BCUT2D eigenvalue weighted by atomic mass is 10.2. The Kier molecular flexibility index (Phi) is 3.84. The van der Waals surface area contributed by atoms with E-state index >= 15 is 0 Å². The van der Waals surface area contributed by atoms with Crippen molar-refractivity contribution in [3.05, 3.63) is 40.9 Å². The molecule has 0 aliphatic rings. The Hall–Kier alpha value is -2.01. The van der Waals surface area contributed by atoms with Crippen LogP contribution in [0.4, 0.5) is 11.8 Å². The van der Waals surface area contributed by atoms with Crippen molar-refractivity contribution in [1.29, 1.82) is 0 Å². The lowest BCUT2D eigenvalue weighted by molar-refractivity contribution is 0.398. The van der Waals surface area contributed by atoms with Crippen molar-refractivity contribution in [2.24, 2.45) is 0 Å². The van der Waals surface area contributed by atoms with Gasteiger partial charge in [-0.2, -0.15) is 9.97 Å². The first-order valence-electron chi connectivity index (χ1n) is 5.35. The minimum atomic E-state index is 0.163. The van der Waals surface area contributed by atoms with Crippen molar-refractivity contribution in [1.82, 2.24) is 9.97 Å². The number of ether oxygens (including phenoxy) is 1. The maximum Gasteiger partial charge on any atom is 0.225 e. The van der Waals surface area contributed by atoms with Crippen LogP contribution in [-0.4, -0.2) is 17.1 Å².